The third kappa shape index (κ3) is 3.22. The molecule has 4 heteroatoms. The summed E-state index contributed by atoms with van der Waals surface area (Å²) in [4.78, 5) is 0. The van der Waals surface area contributed by atoms with Crippen LogP contribution in [0.3, 0.4) is 0 Å². The van der Waals surface area contributed by atoms with Crippen molar-refractivity contribution in [2.75, 3.05) is 24.6 Å². The first-order chi connectivity index (χ1) is 9.57. The number of hydrogen-bond acceptors (Lipinski definition) is 3. The molecule has 1 N–H and O–H groups in total. The van der Waals surface area contributed by atoms with Crippen LogP contribution in [-0.2, 0) is 9.84 Å². The molecule has 2 aliphatic carbocycles. The van der Waals surface area contributed by atoms with E-state index in [0.717, 1.165) is 37.3 Å². The molecule has 5 unspecified atom stereocenters. The molecule has 3 nitrogen and oxygen atoms in total. The molecule has 0 radical (unpaired) electrons. The lowest BCUT2D eigenvalue weighted by atomic mass is 9.77. The quantitative estimate of drug-likeness (QED) is 0.819. The van der Waals surface area contributed by atoms with Gasteiger partial charge in [0.2, 0.25) is 0 Å². The van der Waals surface area contributed by atoms with Crippen molar-refractivity contribution in [1.82, 2.24) is 5.32 Å². The summed E-state index contributed by atoms with van der Waals surface area (Å²) in [7, 11) is -2.74. The summed E-state index contributed by atoms with van der Waals surface area (Å²) in [6, 6.07) is 0. The molecule has 0 aromatic carbocycles. The zero-order chi connectivity index (χ0) is 14.2. The fourth-order valence-corrected chi connectivity index (χ4v) is 6.94. The van der Waals surface area contributed by atoms with Crippen molar-refractivity contribution in [3.8, 4) is 0 Å². The molecule has 2 bridgehead atoms. The van der Waals surface area contributed by atoms with E-state index in [0.29, 0.717) is 23.3 Å². The summed E-state index contributed by atoms with van der Waals surface area (Å²) in [5.74, 6) is 4.72. The van der Waals surface area contributed by atoms with Crippen LogP contribution in [-0.4, -0.2) is 33.0 Å². The van der Waals surface area contributed by atoms with Crippen LogP contribution in [0, 0.1) is 29.6 Å². The van der Waals surface area contributed by atoms with E-state index >= 15 is 0 Å². The summed E-state index contributed by atoms with van der Waals surface area (Å²) >= 11 is 0. The first-order valence-electron chi connectivity index (χ1n) is 8.48. The molecule has 0 amide bonds. The van der Waals surface area contributed by atoms with Crippen molar-refractivity contribution in [1.29, 1.82) is 0 Å². The van der Waals surface area contributed by atoms with Gasteiger partial charge in [-0.15, -0.1) is 0 Å². The highest BCUT2D eigenvalue weighted by Gasteiger charge is 2.42. The van der Waals surface area contributed by atoms with E-state index < -0.39 is 9.84 Å². The lowest BCUT2D eigenvalue weighted by Gasteiger charge is -2.30. The van der Waals surface area contributed by atoms with Gasteiger partial charge in [-0.2, -0.15) is 0 Å². The Morgan fingerprint density at radius 1 is 1.20 bits per heavy atom. The third-order valence-corrected chi connectivity index (χ3v) is 7.87. The summed E-state index contributed by atoms with van der Waals surface area (Å²) < 4.78 is 23.5. The minimum atomic E-state index is -2.74. The molecular weight excluding hydrogens is 270 g/mol. The molecule has 1 saturated heterocycles. The predicted molar refractivity (Wildman–Crippen MR) is 82.3 cm³/mol. The number of sulfone groups is 1. The van der Waals surface area contributed by atoms with Crippen molar-refractivity contribution < 1.29 is 8.42 Å². The zero-order valence-electron chi connectivity index (χ0n) is 12.7. The summed E-state index contributed by atoms with van der Waals surface area (Å²) in [6.45, 7) is 4.15. The summed E-state index contributed by atoms with van der Waals surface area (Å²) in [5.41, 5.74) is 0. The highest BCUT2D eigenvalue weighted by Crippen LogP contribution is 2.51. The smallest absolute Gasteiger partial charge is 0.150 e. The normalized spacial score (nSPS) is 40.2. The van der Waals surface area contributed by atoms with Gasteiger partial charge in [0.15, 0.2) is 9.84 Å². The second kappa shape index (κ2) is 5.96. The minimum absolute atomic E-state index is 0.415. The molecule has 3 rings (SSSR count). The molecule has 5 atom stereocenters. The van der Waals surface area contributed by atoms with Gasteiger partial charge in [0.05, 0.1) is 11.5 Å². The Kier molecular flexibility index (Phi) is 4.42. The number of nitrogens with one attached hydrogen (secondary N) is 1. The average molecular weight is 299 g/mol. The first kappa shape index (κ1) is 14.8. The SMILES string of the molecule is CCNCC(CC1CC2CCC1C2)C1CCS(=O)(=O)C1. The third-order valence-electron chi connectivity index (χ3n) is 6.08. The topological polar surface area (TPSA) is 46.2 Å². The molecule has 2 saturated carbocycles. The van der Waals surface area contributed by atoms with Crippen molar-refractivity contribution in [3.05, 3.63) is 0 Å². The summed E-state index contributed by atoms with van der Waals surface area (Å²) in [6.07, 6.45) is 7.95. The van der Waals surface area contributed by atoms with E-state index in [9.17, 15) is 8.42 Å². The number of hydrogen-bond donors (Lipinski definition) is 1. The maximum Gasteiger partial charge on any atom is 0.150 e. The molecular formula is C16H29NO2S. The Morgan fingerprint density at radius 2 is 2.05 bits per heavy atom. The predicted octanol–water partition coefficient (Wildman–Crippen LogP) is 2.47. The van der Waals surface area contributed by atoms with Gasteiger partial charge in [-0.05, 0) is 74.8 Å². The van der Waals surface area contributed by atoms with Crippen molar-refractivity contribution in [3.63, 3.8) is 0 Å². The first-order valence-corrected chi connectivity index (χ1v) is 10.3. The lowest BCUT2D eigenvalue weighted by Crippen LogP contribution is -2.31. The molecule has 0 spiro atoms. The second-order valence-corrected chi connectivity index (χ2v) is 9.63. The Hall–Kier alpha value is -0.0900. The van der Waals surface area contributed by atoms with Crippen LogP contribution in [0.15, 0.2) is 0 Å². The standard InChI is InChI=1S/C16H29NO2S/c1-2-17-10-16(14-5-6-20(18,19)11-14)9-15-8-12-3-4-13(15)7-12/h12-17H,2-11H2,1H3. The Morgan fingerprint density at radius 3 is 2.60 bits per heavy atom. The fraction of sp³-hybridized carbons (Fsp3) is 1.00. The molecule has 20 heavy (non-hydrogen) atoms. The Bertz CT molecular complexity index is 434. The van der Waals surface area contributed by atoms with Gasteiger partial charge >= 0.3 is 0 Å². The van der Waals surface area contributed by atoms with Gasteiger partial charge in [-0.3, -0.25) is 0 Å². The highest BCUT2D eigenvalue weighted by atomic mass is 32.2. The largest absolute Gasteiger partial charge is 0.317 e. The molecule has 3 aliphatic rings. The van der Waals surface area contributed by atoms with E-state index in [2.05, 4.69) is 12.2 Å². The molecule has 116 valence electrons. The maximum absolute atomic E-state index is 11.8. The molecule has 3 fully saturated rings. The fourth-order valence-electron chi connectivity index (χ4n) is 5.02. The van der Waals surface area contributed by atoms with Gasteiger partial charge in [0, 0.05) is 0 Å². The van der Waals surface area contributed by atoms with E-state index in [1.807, 2.05) is 0 Å². The summed E-state index contributed by atoms with van der Waals surface area (Å²) in [5, 5.41) is 3.48. The van der Waals surface area contributed by atoms with Crippen molar-refractivity contribution in [2.45, 2.75) is 45.4 Å². The van der Waals surface area contributed by atoms with Gasteiger partial charge in [0.1, 0.15) is 0 Å². The average Bonchev–Trinajstić information content (AvgIpc) is 3.09. The monoisotopic (exact) mass is 299 g/mol. The zero-order valence-corrected chi connectivity index (χ0v) is 13.5. The van der Waals surface area contributed by atoms with Crippen LogP contribution < -0.4 is 5.32 Å². The van der Waals surface area contributed by atoms with Crippen LogP contribution in [0.4, 0.5) is 0 Å². The Labute approximate surface area is 123 Å². The van der Waals surface area contributed by atoms with E-state index in [-0.39, 0.29) is 0 Å². The van der Waals surface area contributed by atoms with Crippen LogP contribution in [0.2, 0.25) is 0 Å². The van der Waals surface area contributed by atoms with Crippen LogP contribution in [0.25, 0.3) is 0 Å². The number of rotatable bonds is 6. The van der Waals surface area contributed by atoms with Gasteiger partial charge in [0.25, 0.3) is 0 Å². The van der Waals surface area contributed by atoms with E-state index in [4.69, 9.17) is 0 Å². The van der Waals surface area contributed by atoms with Crippen LogP contribution in [0.5, 0.6) is 0 Å². The van der Waals surface area contributed by atoms with E-state index in [1.54, 1.807) is 0 Å². The maximum atomic E-state index is 11.8. The second-order valence-electron chi connectivity index (χ2n) is 7.40. The van der Waals surface area contributed by atoms with E-state index in [1.165, 1.54) is 32.1 Å². The molecule has 1 heterocycles. The highest BCUT2D eigenvalue weighted by molar-refractivity contribution is 7.91. The van der Waals surface area contributed by atoms with Crippen molar-refractivity contribution >= 4 is 9.84 Å². The van der Waals surface area contributed by atoms with Gasteiger partial charge in [-0.1, -0.05) is 13.3 Å². The van der Waals surface area contributed by atoms with Crippen molar-refractivity contribution in [2.24, 2.45) is 29.6 Å². The Balaban J connectivity index is 1.61. The lowest BCUT2D eigenvalue weighted by molar-refractivity contribution is 0.222. The molecule has 0 aromatic heterocycles. The molecule has 0 aromatic rings. The van der Waals surface area contributed by atoms with Gasteiger partial charge < -0.3 is 5.32 Å². The molecule has 1 aliphatic heterocycles. The number of fused-ring (bicyclic) bond motifs is 2. The minimum Gasteiger partial charge on any atom is -0.317 e. The van der Waals surface area contributed by atoms with Gasteiger partial charge in [-0.25, -0.2) is 8.42 Å². The van der Waals surface area contributed by atoms with Crippen LogP contribution >= 0.6 is 0 Å². The van der Waals surface area contributed by atoms with Crippen LogP contribution in [0.1, 0.15) is 45.4 Å².